The largest absolute Gasteiger partial charge is 0.317 e. The molecule has 21 nitrogen and oxygen atoms in total. The van der Waals surface area contributed by atoms with Crippen LogP contribution in [0, 0.1) is 11.3 Å². The fourth-order valence-electron chi connectivity index (χ4n) is 17.4. The number of aromatic nitrogens is 16. The summed E-state index contributed by atoms with van der Waals surface area (Å²) in [5.41, 5.74) is 19.3. The maximum Gasteiger partial charge on any atom is 0.147 e. The number of benzene rings is 12. The van der Waals surface area contributed by atoms with Crippen LogP contribution in [0.2, 0.25) is 0 Å². The third-order valence-corrected chi connectivity index (χ3v) is 27.3. The number of halogens is 4. The molecule has 0 radical (unpaired) electrons. The lowest BCUT2D eigenvalue weighted by Crippen LogP contribution is -2.27. The summed E-state index contributed by atoms with van der Waals surface area (Å²) in [6.07, 6.45) is 16.6. The number of nitrogens with zero attached hydrogens (tertiary/aromatic N) is 21. The zero-order chi connectivity index (χ0) is 97.8. The quantitative estimate of drug-likeness (QED) is 0.0326. The molecule has 143 heavy (non-hydrogen) atoms. The summed E-state index contributed by atoms with van der Waals surface area (Å²) in [5, 5.41) is 48.6. The fraction of sp³-hybridized carbons (Fsp3) is 0.212. The molecule has 718 valence electrons. The molecule has 8 heterocycles. The molecule has 0 aliphatic heterocycles. The van der Waals surface area contributed by atoms with Gasteiger partial charge in [-0.15, -0.1) is 40.8 Å². The Morgan fingerprint density at radius 3 is 0.846 bits per heavy atom. The standard InChI is InChI=1S/C31H32BrN5.C30H30BrN5.C29H25BrN6.C28H26BrN5/c32-28-16-13-26(14-17-28)19-21-36(22-29-18-15-27-11-4-5-12-30(27)34-29)23-31-35-33-24-37(31)20-7-6-10-25-8-2-1-3-9-25;31-27-15-12-25(13-16-27)18-20-35(21-28-17-14-26-10-4-5-11-29(26)33-28)22-30-34-32-23-36(30)19-6-9-24-7-2-1-3-8-24;30-26-11-8-22(9-12-26)14-15-35(19-27-13-10-25-6-1-2-7-28(25)33-27)20-29-34-32-21-36(29)18-24-5-3-4-23(16-24)17-31;29-25-13-10-22(11-14-25)16-17-33(19-26-15-12-24-8-4-5-9-27(24)31-26)20-28-32-30-21-34(28)18-23-6-2-1-3-7-23/h1-5,8-9,11-18,24H,6-7,10,19-23H2;1-5,7-8,10-17,23H,6,9,18-22H2;1-13,16,21H,14-15,18-20H2;1-15,21H,16-20H2. The van der Waals surface area contributed by atoms with Crippen LogP contribution in [0.25, 0.3) is 43.6 Å². The van der Waals surface area contributed by atoms with E-state index in [0.717, 1.165) is 239 Å². The van der Waals surface area contributed by atoms with Gasteiger partial charge in [0.05, 0.1) is 95.7 Å². The molecule has 0 spiro atoms. The van der Waals surface area contributed by atoms with Crippen molar-refractivity contribution in [3.05, 3.63) is 497 Å². The third-order valence-electron chi connectivity index (χ3n) is 25.2. The third kappa shape index (κ3) is 31.3. The van der Waals surface area contributed by atoms with E-state index in [9.17, 15) is 5.26 Å². The number of fused-ring (bicyclic) bond motifs is 4. The fourth-order valence-corrected chi connectivity index (χ4v) is 18.5. The monoisotopic (exact) mass is 2140 g/mol. The number of hydrogen-bond acceptors (Lipinski definition) is 17. The van der Waals surface area contributed by atoms with Gasteiger partial charge in [0.25, 0.3) is 0 Å². The summed E-state index contributed by atoms with van der Waals surface area (Å²) < 4.78 is 13.0. The van der Waals surface area contributed by atoms with Crippen molar-refractivity contribution in [2.75, 3.05) is 26.2 Å². The highest BCUT2D eigenvalue weighted by Gasteiger charge is 2.21. The molecule has 0 bridgehead atoms. The number of aryl methyl sites for hydroxylation is 4. The van der Waals surface area contributed by atoms with Crippen LogP contribution in [0.1, 0.15) is 115 Å². The van der Waals surface area contributed by atoms with Gasteiger partial charge >= 0.3 is 0 Å². The van der Waals surface area contributed by atoms with Gasteiger partial charge < -0.3 is 18.3 Å². The molecule has 0 N–H and O–H groups in total. The molecule has 25 heteroatoms. The molecule has 0 amide bonds. The Balaban J connectivity index is 0.000000131. The van der Waals surface area contributed by atoms with Crippen molar-refractivity contribution in [1.82, 2.24) is 98.6 Å². The van der Waals surface area contributed by atoms with E-state index >= 15 is 0 Å². The van der Waals surface area contributed by atoms with Gasteiger partial charge in [0.1, 0.15) is 48.6 Å². The van der Waals surface area contributed by atoms with E-state index < -0.39 is 0 Å². The molecule has 0 saturated heterocycles. The maximum absolute atomic E-state index is 9.24. The second-order valence-electron chi connectivity index (χ2n) is 35.8. The molecule has 12 aromatic carbocycles. The normalized spacial score (nSPS) is 11.3. The van der Waals surface area contributed by atoms with E-state index in [2.05, 4.69) is 440 Å². The predicted molar refractivity (Wildman–Crippen MR) is 585 cm³/mol. The van der Waals surface area contributed by atoms with Crippen molar-refractivity contribution >= 4 is 107 Å². The molecule has 0 atom stereocenters. The second-order valence-corrected chi connectivity index (χ2v) is 39.5. The smallest absolute Gasteiger partial charge is 0.147 e. The first-order valence-corrected chi connectivity index (χ1v) is 51.9. The zero-order valence-corrected chi connectivity index (χ0v) is 86.3. The molecule has 0 fully saturated rings. The summed E-state index contributed by atoms with van der Waals surface area (Å²) in [4.78, 5) is 29.3. The number of nitriles is 1. The summed E-state index contributed by atoms with van der Waals surface area (Å²) in [5.74, 6) is 3.85. The SMILES string of the molecule is Brc1ccc(CCN(Cc2ccc3ccccc3n2)Cc2nncn2CCCCc2ccccc2)cc1.Brc1ccc(CCN(Cc2ccc3ccccc3n2)Cc2nncn2CCCc2ccccc2)cc1.Brc1ccc(CCN(Cc2ccc3ccccc3n2)Cc2nncn2Cc2ccccc2)cc1.N#Cc1cccc(Cn2cnnc2CN(CCc2ccc(Br)cc2)Cc2ccc3ccccc3n2)c1. The van der Waals surface area contributed by atoms with Gasteiger partial charge in [-0.25, -0.2) is 0 Å². The zero-order valence-electron chi connectivity index (χ0n) is 80.0. The molecule has 0 saturated carbocycles. The Bertz CT molecular complexity index is 7390. The first-order valence-electron chi connectivity index (χ1n) is 48.7. The van der Waals surface area contributed by atoms with Gasteiger partial charge in [-0.2, -0.15) is 5.26 Å². The molecule has 20 aromatic rings. The minimum absolute atomic E-state index is 0.618. The minimum Gasteiger partial charge on any atom is -0.317 e. The summed E-state index contributed by atoms with van der Waals surface area (Å²) in [6, 6.07) is 126. The highest BCUT2D eigenvalue weighted by molar-refractivity contribution is 9.11. The molecule has 0 aliphatic rings. The van der Waals surface area contributed by atoms with Crippen LogP contribution in [0.3, 0.4) is 0 Å². The average Bonchev–Trinajstić information content (AvgIpc) is 1.28. The van der Waals surface area contributed by atoms with Crippen LogP contribution in [-0.2, 0) is 117 Å². The van der Waals surface area contributed by atoms with Crippen LogP contribution in [0.4, 0.5) is 0 Å². The maximum atomic E-state index is 9.24. The van der Waals surface area contributed by atoms with Crippen molar-refractivity contribution in [3.8, 4) is 6.07 Å². The van der Waals surface area contributed by atoms with Crippen LogP contribution in [0.5, 0.6) is 0 Å². The Hall–Kier alpha value is -13.9. The summed E-state index contributed by atoms with van der Waals surface area (Å²) in [6.45, 7) is 12.6. The number of rotatable bonds is 41. The van der Waals surface area contributed by atoms with Gasteiger partial charge in [0, 0.05) is 105 Å². The summed E-state index contributed by atoms with van der Waals surface area (Å²) >= 11 is 14.1. The second kappa shape index (κ2) is 52.7. The lowest BCUT2D eigenvalue weighted by molar-refractivity contribution is 0.246. The van der Waals surface area contributed by atoms with E-state index in [0.29, 0.717) is 31.7 Å². The van der Waals surface area contributed by atoms with Crippen LogP contribution >= 0.6 is 63.7 Å². The highest BCUT2D eigenvalue weighted by atomic mass is 79.9. The molecule has 0 unspecified atom stereocenters. The molecule has 20 rings (SSSR count). The Kier molecular flexibility index (Phi) is 37.1. The molecular weight excluding hydrogens is 2030 g/mol. The topological polar surface area (TPSA) is 211 Å². The highest BCUT2D eigenvalue weighted by Crippen LogP contribution is 2.26. The lowest BCUT2D eigenvalue weighted by atomic mass is 10.1. The average molecular weight is 2140 g/mol. The number of hydrogen-bond donors (Lipinski definition) is 0. The van der Waals surface area contributed by atoms with Crippen molar-refractivity contribution in [2.45, 2.75) is 136 Å². The van der Waals surface area contributed by atoms with E-state index in [-0.39, 0.29) is 0 Å². The lowest BCUT2D eigenvalue weighted by Gasteiger charge is -2.22. The van der Waals surface area contributed by atoms with E-state index in [1.807, 2.05) is 85.7 Å². The van der Waals surface area contributed by atoms with E-state index in [1.165, 1.54) is 49.7 Å². The summed E-state index contributed by atoms with van der Waals surface area (Å²) in [7, 11) is 0. The molecule has 8 aromatic heterocycles. The Morgan fingerprint density at radius 2 is 0.510 bits per heavy atom. The Labute approximate surface area is 870 Å². The van der Waals surface area contributed by atoms with Gasteiger partial charge in [0.15, 0.2) is 0 Å². The first-order chi connectivity index (χ1) is 70.3. The molecular formula is C118H113Br4N21. The van der Waals surface area contributed by atoms with Crippen molar-refractivity contribution < 1.29 is 0 Å². The minimum atomic E-state index is 0.618. The van der Waals surface area contributed by atoms with Crippen LogP contribution in [0.15, 0.2) is 401 Å². The van der Waals surface area contributed by atoms with E-state index in [1.54, 1.807) is 6.33 Å². The van der Waals surface area contributed by atoms with Crippen molar-refractivity contribution in [1.29, 1.82) is 5.26 Å². The first kappa shape index (κ1) is 101. The van der Waals surface area contributed by atoms with Crippen LogP contribution in [-0.4, -0.2) is 125 Å². The van der Waals surface area contributed by atoms with Crippen LogP contribution < -0.4 is 0 Å². The van der Waals surface area contributed by atoms with E-state index in [4.69, 9.17) is 19.9 Å². The van der Waals surface area contributed by atoms with Gasteiger partial charge in [0.2, 0.25) is 0 Å². The van der Waals surface area contributed by atoms with Crippen molar-refractivity contribution in [2.24, 2.45) is 0 Å². The number of para-hydroxylation sites is 4. The Morgan fingerprint density at radius 1 is 0.238 bits per heavy atom. The molecule has 0 aliphatic carbocycles. The number of unbranched alkanes of at least 4 members (excludes halogenated alkanes) is 1. The number of pyridine rings is 4. The van der Waals surface area contributed by atoms with Crippen molar-refractivity contribution in [3.63, 3.8) is 0 Å². The van der Waals surface area contributed by atoms with Gasteiger partial charge in [-0.1, -0.05) is 312 Å². The predicted octanol–water partition coefficient (Wildman–Crippen LogP) is 25.0. The van der Waals surface area contributed by atoms with Gasteiger partial charge in [-0.05, 0) is 211 Å². The van der Waals surface area contributed by atoms with Gasteiger partial charge in [-0.3, -0.25) is 39.5 Å².